The minimum absolute atomic E-state index is 0.0588. The van der Waals surface area contributed by atoms with Gasteiger partial charge in [0.25, 0.3) is 0 Å². The molecule has 0 aromatic rings. The Morgan fingerprint density at radius 1 is 1.62 bits per heavy atom. The molecule has 0 aliphatic heterocycles. The monoisotopic (exact) mass is 188 g/mol. The smallest absolute Gasteiger partial charge is 0.450 e. The van der Waals surface area contributed by atoms with Crippen molar-refractivity contribution in [1.82, 2.24) is 0 Å². The normalized spacial score (nSPS) is 15.1. The minimum Gasteiger partial charge on any atom is -0.450 e. The standard InChI is InChI=1S/C9H16O4/c1-7(2)9(3,5-4-6-10)13-8(11)12/h6-7H,4-5H2,1-3H3,(H,11,12). The van der Waals surface area contributed by atoms with Gasteiger partial charge in [0.1, 0.15) is 11.9 Å². The van der Waals surface area contributed by atoms with Gasteiger partial charge in [-0.15, -0.1) is 0 Å². The molecule has 0 aliphatic rings. The van der Waals surface area contributed by atoms with E-state index in [4.69, 9.17) is 9.84 Å². The van der Waals surface area contributed by atoms with Gasteiger partial charge in [0.2, 0.25) is 0 Å². The van der Waals surface area contributed by atoms with Crippen molar-refractivity contribution >= 4 is 12.4 Å². The third-order valence-corrected chi connectivity index (χ3v) is 2.30. The molecule has 0 fully saturated rings. The number of rotatable bonds is 5. The van der Waals surface area contributed by atoms with Crippen LogP contribution in [0.25, 0.3) is 0 Å². The van der Waals surface area contributed by atoms with Crippen molar-refractivity contribution < 1.29 is 19.4 Å². The summed E-state index contributed by atoms with van der Waals surface area (Å²) in [5.74, 6) is 0.0588. The summed E-state index contributed by atoms with van der Waals surface area (Å²) in [6.45, 7) is 5.44. The van der Waals surface area contributed by atoms with Crippen LogP contribution in [0.3, 0.4) is 0 Å². The Balaban J connectivity index is 4.32. The zero-order valence-electron chi connectivity index (χ0n) is 8.24. The van der Waals surface area contributed by atoms with Gasteiger partial charge in [0.15, 0.2) is 0 Å². The maximum Gasteiger partial charge on any atom is 0.506 e. The van der Waals surface area contributed by atoms with Gasteiger partial charge >= 0.3 is 6.16 Å². The number of aldehydes is 1. The average molecular weight is 188 g/mol. The quantitative estimate of drug-likeness (QED) is 0.530. The molecule has 4 heteroatoms. The highest BCUT2D eigenvalue weighted by molar-refractivity contribution is 5.57. The molecule has 0 aliphatic carbocycles. The van der Waals surface area contributed by atoms with Gasteiger partial charge in [0, 0.05) is 6.42 Å². The van der Waals surface area contributed by atoms with Crippen molar-refractivity contribution in [3.8, 4) is 0 Å². The first-order valence-electron chi connectivity index (χ1n) is 4.28. The summed E-state index contributed by atoms with van der Waals surface area (Å²) in [7, 11) is 0. The number of hydrogen-bond donors (Lipinski definition) is 1. The predicted molar refractivity (Wildman–Crippen MR) is 47.7 cm³/mol. The number of carboxylic acid groups (broad SMARTS) is 1. The van der Waals surface area contributed by atoms with Crippen LogP contribution in [0.15, 0.2) is 0 Å². The van der Waals surface area contributed by atoms with E-state index in [9.17, 15) is 9.59 Å². The lowest BCUT2D eigenvalue weighted by Gasteiger charge is -2.31. The topological polar surface area (TPSA) is 63.6 Å². The molecule has 0 aromatic carbocycles. The molecule has 0 aromatic heterocycles. The fourth-order valence-corrected chi connectivity index (χ4v) is 1.00. The van der Waals surface area contributed by atoms with Crippen LogP contribution in [0.1, 0.15) is 33.6 Å². The predicted octanol–water partition coefficient (Wildman–Crippen LogP) is 2.07. The van der Waals surface area contributed by atoms with Crippen molar-refractivity contribution in [2.45, 2.75) is 39.2 Å². The van der Waals surface area contributed by atoms with Crippen LogP contribution in [0.4, 0.5) is 4.79 Å². The first-order chi connectivity index (χ1) is 5.92. The van der Waals surface area contributed by atoms with Crippen LogP contribution >= 0.6 is 0 Å². The van der Waals surface area contributed by atoms with Crippen LogP contribution in [0.5, 0.6) is 0 Å². The Morgan fingerprint density at radius 3 is 2.46 bits per heavy atom. The maximum atomic E-state index is 10.4. The molecule has 0 heterocycles. The van der Waals surface area contributed by atoms with E-state index in [1.807, 2.05) is 13.8 Å². The fourth-order valence-electron chi connectivity index (χ4n) is 1.00. The second-order valence-corrected chi connectivity index (χ2v) is 3.54. The maximum absolute atomic E-state index is 10.4. The molecule has 1 atom stereocenters. The van der Waals surface area contributed by atoms with E-state index in [0.717, 1.165) is 6.29 Å². The molecule has 0 spiro atoms. The lowest BCUT2D eigenvalue weighted by molar-refractivity contribution is -0.110. The van der Waals surface area contributed by atoms with Crippen LogP contribution in [0.2, 0.25) is 0 Å². The molecule has 0 amide bonds. The van der Waals surface area contributed by atoms with Crippen molar-refractivity contribution in [2.75, 3.05) is 0 Å². The molecule has 0 bridgehead atoms. The third kappa shape index (κ3) is 3.92. The highest BCUT2D eigenvalue weighted by Crippen LogP contribution is 2.26. The van der Waals surface area contributed by atoms with E-state index in [-0.39, 0.29) is 5.92 Å². The average Bonchev–Trinajstić information content (AvgIpc) is 1.99. The Labute approximate surface area is 77.9 Å². The number of carbonyl (C=O) groups excluding carboxylic acids is 1. The molecule has 4 nitrogen and oxygen atoms in total. The summed E-state index contributed by atoms with van der Waals surface area (Å²) in [6.07, 6.45) is 0.232. The zero-order valence-corrected chi connectivity index (χ0v) is 8.24. The van der Waals surface area contributed by atoms with Crippen LogP contribution in [0, 0.1) is 5.92 Å². The van der Waals surface area contributed by atoms with Crippen molar-refractivity contribution in [3.05, 3.63) is 0 Å². The fraction of sp³-hybridized carbons (Fsp3) is 0.778. The molecular weight excluding hydrogens is 172 g/mol. The van der Waals surface area contributed by atoms with Crippen LogP contribution in [-0.2, 0) is 9.53 Å². The molecular formula is C9H16O4. The van der Waals surface area contributed by atoms with E-state index in [1.54, 1.807) is 6.92 Å². The summed E-state index contributed by atoms with van der Waals surface area (Å²) < 4.78 is 4.76. The molecule has 0 radical (unpaired) electrons. The van der Waals surface area contributed by atoms with Gasteiger partial charge in [-0.2, -0.15) is 0 Å². The largest absolute Gasteiger partial charge is 0.506 e. The summed E-state index contributed by atoms with van der Waals surface area (Å²) in [5.41, 5.74) is -0.757. The highest BCUT2D eigenvalue weighted by Gasteiger charge is 2.32. The van der Waals surface area contributed by atoms with Crippen molar-refractivity contribution in [3.63, 3.8) is 0 Å². The first-order valence-corrected chi connectivity index (χ1v) is 4.28. The third-order valence-electron chi connectivity index (χ3n) is 2.30. The zero-order chi connectivity index (χ0) is 10.5. The Hall–Kier alpha value is -1.06. The number of ether oxygens (including phenoxy) is 1. The molecule has 13 heavy (non-hydrogen) atoms. The van der Waals surface area contributed by atoms with Gasteiger partial charge in [-0.25, -0.2) is 4.79 Å². The van der Waals surface area contributed by atoms with Gasteiger partial charge in [-0.3, -0.25) is 0 Å². The molecule has 0 saturated heterocycles. The van der Waals surface area contributed by atoms with E-state index < -0.39 is 11.8 Å². The Kier molecular flexibility index (Phi) is 4.45. The summed E-state index contributed by atoms with van der Waals surface area (Å²) in [5, 5.41) is 8.49. The first kappa shape index (κ1) is 11.9. The summed E-state index contributed by atoms with van der Waals surface area (Å²) in [6, 6.07) is 0. The molecule has 76 valence electrons. The van der Waals surface area contributed by atoms with Crippen LogP contribution in [-0.4, -0.2) is 23.1 Å². The van der Waals surface area contributed by atoms with E-state index in [0.29, 0.717) is 12.8 Å². The highest BCUT2D eigenvalue weighted by atomic mass is 16.7. The van der Waals surface area contributed by atoms with Gasteiger partial charge in [-0.05, 0) is 19.3 Å². The Bertz CT molecular complexity index is 188. The number of hydrogen-bond acceptors (Lipinski definition) is 3. The van der Waals surface area contributed by atoms with Gasteiger partial charge in [-0.1, -0.05) is 13.8 Å². The number of carbonyl (C=O) groups is 2. The molecule has 1 N–H and O–H groups in total. The molecule has 0 rings (SSSR count). The van der Waals surface area contributed by atoms with Gasteiger partial charge in [0.05, 0.1) is 0 Å². The van der Waals surface area contributed by atoms with Gasteiger partial charge < -0.3 is 14.6 Å². The van der Waals surface area contributed by atoms with E-state index in [2.05, 4.69) is 0 Å². The Morgan fingerprint density at radius 2 is 2.15 bits per heavy atom. The lowest BCUT2D eigenvalue weighted by atomic mass is 9.88. The molecule has 0 saturated carbocycles. The van der Waals surface area contributed by atoms with Crippen molar-refractivity contribution in [2.24, 2.45) is 5.92 Å². The van der Waals surface area contributed by atoms with Crippen molar-refractivity contribution in [1.29, 1.82) is 0 Å². The van der Waals surface area contributed by atoms with Crippen LogP contribution < -0.4 is 0 Å². The second-order valence-electron chi connectivity index (χ2n) is 3.54. The summed E-state index contributed by atoms with van der Waals surface area (Å²) in [4.78, 5) is 20.5. The second kappa shape index (κ2) is 4.84. The van der Waals surface area contributed by atoms with E-state index in [1.165, 1.54) is 0 Å². The SMILES string of the molecule is CC(C)C(C)(CCC=O)OC(=O)O. The van der Waals surface area contributed by atoms with E-state index >= 15 is 0 Å². The minimum atomic E-state index is -1.29. The molecule has 1 unspecified atom stereocenters. The summed E-state index contributed by atoms with van der Waals surface area (Å²) >= 11 is 0. The lowest BCUT2D eigenvalue weighted by Crippen LogP contribution is -2.36.